The largest absolute Gasteiger partial charge is 0.443 e. The number of nitrogens with one attached hydrogen (secondary N) is 1. The number of carbonyl (C=O) groups excluding carboxylic acids is 1. The standard InChI is InChI=1S/C15H19N3O4/c1-9-6-7-11-10(8-9)12(19)18(14(21)17(11)5)16-13(20)22-15(2,3)4/h6-8H,1-5H3,(H,16,20). The Bertz CT molecular complexity index is 856. The molecule has 0 unspecified atom stereocenters. The zero-order valence-electron chi connectivity index (χ0n) is 13.3. The second-order valence-corrected chi connectivity index (χ2v) is 6.12. The van der Waals surface area contributed by atoms with Gasteiger partial charge >= 0.3 is 11.8 Å². The molecule has 0 aliphatic carbocycles. The van der Waals surface area contributed by atoms with Crippen molar-refractivity contribution in [3.63, 3.8) is 0 Å². The van der Waals surface area contributed by atoms with Crippen molar-refractivity contribution in [2.24, 2.45) is 7.05 Å². The maximum atomic E-state index is 12.4. The van der Waals surface area contributed by atoms with Gasteiger partial charge in [0.2, 0.25) is 0 Å². The summed E-state index contributed by atoms with van der Waals surface area (Å²) in [6, 6.07) is 5.18. The summed E-state index contributed by atoms with van der Waals surface area (Å²) in [6.07, 6.45) is -0.862. The molecule has 0 radical (unpaired) electrons. The second-order valence-electron chi connectivity index (χ2n) is 6.12. The van der Waals surface area contributed by atoms with Crippen LogP contribution in [0.3, 0.4) is 0 Å². The van der Waals surface area contributed by atoms with E-state index in [1.165, 1.54) is 11.6 Å². The Kier molecular flexibility index (Phi) is 3.83. The summed E-state index contributed by atoms with van der Waals surface area (Å²) < 4.78 is 7.03. The van der Waals surface area contributed by atoms with E-state index in [0.29, 0.717) is 15.6 Å². The number of aromatic nitrogens is 2. The predicted octanol–water partition coefficient (Wildman–Crippen LogP) is 1.49. The smallest absolute Gasteiger partial charge is 0.427 e. The van der Waals surface area contributed by atoms with Crippen molar-refractivity contribution < 1.29 is 9.53 Å². The fraction of sp³-hybridized carbons (Fsp3) is 0.400. The molecule has 1 N–H and O–H groups in total. The van der Waals surface area contributed by atoms with Crippen molar-refractivity contribution in [3.8, 4) is 0 Å². The van der Waals surface area contributed by atoms with Crippen LogP contribution in [-0.4, -0.2) is 20.9 Å². The minimum absolute atomic E-state index is 0.346. The lowest BCUT2D eigenvalue weighted by atomic mass is 10.2. The predicted molar refractivity (Wildman–Crippen MR) is 83.8 cm³/mol. The Morgan fingerprint density at radius 1 is 1.23 bits per heavy atom. The summed E-state index contributed by atoms with van der Waals surface area (Å²) in [4.78, 5) is 36.5. The third-order valence-electron chi connectivity index (χ3n) is 3.03. The van der Waals surface area contributed by atoms with Crippen LogP contribution in [0.1, 0.15) is 26.3 Å². The molecule has 1 aromatic heterocycles. The molecule has 0 aliphatic rings. The van der Waals surface area contributed by atoms with Crippen LogP contribution in [0.15, 0.2) is 27.8 Å². The monoisotopic (exact) mass is 305 g/mol. The third-order valence-corrected chi connectivity index (χ3v) is 3.03. The van der Waals surface area contributed by atoms with Gasteiger partial charge in [-0.1, -0.05) is 11.6 Å². The van der Waals surface area contributed by atoms with E-state index in [1.54, 1.807) is 32.9 Å². The molecule has 0 saturated carbocycles. The van der Waals surface area contributed by atoms with E-state index in [0.717, 1.165) is 5.56 Å². The molecule has 2 rings (SSSR count). The Morgan fingerprint density at radius 2 is 1.86 bits per heavy atom. The average Bonchev–Trinajstić information content (AvgIpc) is 2.39. The second kappa shape index (κ2) is 5.32. The van der Waals surface area contributed by atoms with E-state index in [9.17, 15) is 14.4 Å². The minimum atomic E-state index is -0.862. The van der Waals surface area contributed by atoms with Crippen LogP contribution in [0.25, 0.3) is 10.9 Å². The highest BCUT2D eigenvalue weighted by Crippen LogP contribution is 2.10. The number of rotatable bonds is 1. The molecular weight excluding hydrogens is 286 g/mol. The zero-order valence-corrected chi connectivity index (χ0v) is 13.3. The highest BCUT2D eigenvalue weighted by atomic mass is 16.6. The minimum Gasteiger partial charge on any atom is -0.443 e. The Balaban J connectivity index is 2.58. The highest BCUT2D eigenvalue weighted by molar-refractivity contribution is 5.80. The molecule has 0 bridgehead atoms. The van der Waals surface area contributed by atoms with Gasteiger partial charge in [-0.05, 0) is 39.8 Å². The van der Waals surface area contributed by atoms with Crippen LogP contribution in [0, 0.1) is 6.92 Å². The first-order valence-electron chi connectivity index (χ1n) is 6.82. The average molecular weight is 305 g/mol. The van der Waals surface area contributed by atoms with Crippen LogP contribution in [-0.2, 0) is 11.8 Å². The summed E-state index contributed by atoms with van der Waals surface area (Å²) in [5.41, 5.74) is 1.62. The van der Waals surface area contributed by atoms with Crippen LogP contribution in [0.2, 0.25) is 0 Å². The van der Waals surface area contributed by atoms with E-state index in [4.69, 9.17) is 4.74 Å². The number of aryl methyl sites for hydroxylation is 2. The number of amides is 1. The Labute approximate surface area is 127 Å². The van der Waals surface area contributed by atoms with Crippen LogP contribution in [0.4, 0.5) is 4.79 Å². The fourth-order valence-corrected chi connectivity index (χ4v) is 2.06. The van der Waals surface area contributed by atoms with Gasteiger partial charge in [-0.2, -0.15) is 4.68 Å². The molecule has 0 spiro atoms. The quantitative estimate of drug-likeness (QED) is 0.865. The SMILES string of the molecule is Cc1ccc2c(c1)c(=O)n(NC(=O)OC(C)(C)C)c(=O)n2C. The molecule has 118 valence electrons. The number of carbonyl (C=O) groups is 1. The van der Waals surface area contributed by atoms with Crippen molar-refractivity contribution in [2.75, 3.05) is 5.43 Å². The van der Waals surface area contributed by atoms with Crippen molar-refractivity contribution in [2.45, 2.75) is 33.3 Å². The first kappa shape index (κ1) is 15.8. The lowest BCUT2D eigenvalue weighted by Gasteiger charge is -2.20. The molecule has 0 saturated heterocycles. The van der Waals surface area contributed by atoms with Gasteiger partial charge < -0.3 is 4.74 Å². The first-order chi connectivity index (χ1) is 10.1. The van der Waals surface area contributed by atoms with Crippen molar-refractivity contribution in [1.82, 2.24) is 9.24 Å². The van der Waals surface area contributed by atoms with Gasteiger partial charge in [0.15, 0.2) is 0 Å². The summed E-state index contributed by atoms with van der Waals surface area (Å²) >= 11 is 0. The lowest BCUT2D eigenvalue weighted by molar-refractivity contribution is 0.0610. The number of nitrogens with zero attached hydrogens (tertiary/aromatic N) is 2. The molecular formula is C15H19N3O4. The van der Waals surface area contributed by atoms with E-state index < -0.39 is 22.9 Å². The molecule has 0 aliphatic heterocycles. The summed E-state index contributed by atoms with van der Waals surface area (Å²) in [6.45, 7) is 6.92. The van der Waals surface area contributed by atoms with Crippen molar-refractivity contribution >= 4 is 17.0 Å². The van der Waals surface area contributed by atoms with E-state index in [2.05, 4.69) is 5.43 Å². The molecule has 2 aromatic rings. The lowest BCUT2D eigenvalue weighted by Crippen LogP contribution is -2.47. The maximum Gasteiger partial charge on any atom is 0.427 e. The molecule has 22 heavy (non-hydrogen) atoms. The normalized spacial score (nSPS) is 11.5. The topological polar surface area (TPSA) is 82.3 Å². The van der Waals surface area contributed by atoms with Crippen molar-refractivity contribution in [1.29, 1.82) is 0 Å². The number of hydrogen-bond donors (Lipinski definition) is 1. The number of fused-ring (bicyclic) bond motifs is 1. The van der Waals surface area contributed by atoms with Crippen LogP contribution >= 0.6 is 0 Å². The molecule has 1 aromatic carbocycles. The summed E-state index contributed by atoms with van der Waals surface area (Å²) in [5.74, 6) is 0. The third kappa shape index (κ3) is 3.03. The van der Waals surface area contributed by atoms with Gasteiger partial charge in [0.25, 0.3) is 5.56 Å². The van der Waals surface area contributed by atoms with E-state index in [-0.39, 0.29) is 0 Å². The molecule has 0 fully saturated rings. The van der Waals surface area contributed by atoms with Crippen LogP contribution < -0.4 is 16.7 Å². The number of benzene rings is 1. The Morgan fingerprint density at radius 3 is 2.45 bits per heavy atom. The first-order valence-corrected chi connectivity index (χ1v) is 6.82. The highest BCUT2D eigenvalue weighted by Gasteiger charge is 2.19. The molecule has 7 nitrogen and oxygen atoms in total. The Hall–Kier alpha value is -2.57. The van der Waals surface area contributed by atoms with E-state index in [1.807, 2.05) is 13.0 Å². The maximum absolute atomic E-state index is 12.4. The van der Waals surface area contributed by atoms with Gasteiger partial charge in [0.05, 0.1) is 10.9 Å². The zero-order chi connectivity index (χ0) is 16.7. The van der Waals surface area contributed by atoms with Gasteiger partial charge in [-0.3, -0.25) is 9.36 Å². The van der Waals surface area contributed by atoms with Gasteiger partial charge in [0, 0.05) is 7.05 Å². The number of ether oxygens (including phenoxy) is 1. The number of hydrogen-bond acceptors (Lipinski definition) is 4. The van der Waals surface area contributed by atoms with Crippen LogP contribution in [0.5, 0.6) is 0 Å². The molecule has 1 amide bonds. The summed E-state index contributed by atoms with van der Waals surface area (Å²) in [5, 5.41) is 0.346. The van der Waals surface area contributed by atoms with Crippen molar-refractivity contribution in [3.05, 3.63) is 44.6 Å². The van der Waals surface area contributed by atoms with E-state index >= 15 is 0 Å². The van der Waals surface area contributed by atoms with Gasteiger partial charge in [0.1, 0.15) is 5.60 Å². The molecule has 1 heterocycles. The van der Waals surface area contributed by atoms with Gasteiger partial charge in [-0.25, -0.2) is 15.0 Å². The fourth-order valence-electron chi connectivity index (χ4n) is 2.06. The summed E-state index contributed by atoms with van der Waals surface area (Å²) in [7, 11) is 1.53. The molecule has 0 atom stereocenters. The molecule has 7 heteroatoms. The van der Waals surface area contributed by atoms with Gasteiger partial charge in [-0.15, -0.1) is 0 Å².